The van der Waals surface area contributed by atoms with Crippen LogP contribution in [0.15, 0.2) is 36.7 Å². The SMILES string of the molecule is COc1cc2c(cc1Nc1nc(Cc3c(Cl)cccc3Cl)c3ncn(COCC[Si](C)(C)C)c3c1C#N)CN(C(=O)OC(C)(C)C)CC2. The molecule has 0 saturated heterocycles. The van der Waals surface area contributed by atoms with Gasteiger partial charge in [0.15, 0.2) is 5.82 Å². The molecule has 10 nitrogen and oxygen atoms in total. The van der Waals surface area contributed by atoms with Crippen LogP contribution in [0.4, 0.5) is 16.3 Å². The molecule has 1 aliphatic rings. The minimum absolute atomic E-state index is 0.230. The number of hydrogen-bond acceptors (Lipinski definition) is 8. The van der Waals surface area contributed by atoms with Gasteiger partial charge in [0.1, 0.15) is 35.2 Å². The normalized spacial score (nSPS) is 13.3. The second-order valence-electron chi connectivity index (χ2n) is 14.1. The largest absolute Gasteiger partial charge is 0.495 e. The predicted octanol–water partition coefficient (Wildman–Crippen LogP) is 8.56. The summed E-state index contributed by atoms with van der Waals surface area (Å²) in [4.78, 5) is 24.2. The number of carbonyl (C=O) groups excluding carboxylic acids is 1. The summed E-state index contributed by atoms with van der Waals surface area (Å²) in [6, 6.07) is 12.6. The standard InChI is InChI=1S/C35H42Cl2N6O4Si/c1-35(2,3)47-34(44)42-12-11-22-16-30(45-4)28(15-23(22)19-42)40-33-25(18-38)32-31(39-20-43(32)21-46-13-14-48(5,6)7)29(41-33)17-24-26(36)9-8-10-27(24)37/h8-10,15-16,20H,11-14,17,19,21H2,1-7H3,(H,40,41). The van der Waals surface area contributed by atoms with Crippen LogP contribution in [0.3, 0.4) is 0 Å². The summed E-state index contributed by atoms with van der Waals surface area (Å²) >= 11 is 13.2. The lowest BCUT2D eigenvalue weighted by molar-refractivity contribution is 0.0224. The summed E-state index contributed by atoms with van der Waals surface area (Å²) < 4.78 is 19.3. The lowest BCUT2D eigenvalue weighted by Gasteiger charge is -2.31. The van der Waals surface area contributed by atoms with Crippen molar-refractivity contribution in [3.05, 3.63) is 74.7 Å². The molecule has 1 N–H and O–H groups in total. The van der Waals surface area contributed by atoms with Crippen LogP contribution in [-0.2, 0) is 35.6 Å². The first-order valence-corrected chi connectivity index (χ1v) is 20.4. The van der Waals surface area contributed by atoms with Gasteiger partial charge in [0.05, 0.1) is 30.3 Å². The Morgan fingerprint density at radius 3 is 2.52 bits per heavy atom. The van der Waals surface area contributed by atoms with Crippen LogP contribution in [0.5, 0.6) is 5.75 Å². The van der Waals surface area contributed by atoms with Crippen molar-refractivity contribution < 1.29 is 19.0 Å². The van der Waals surface area contributed by atoms with Gasteiger partial charge >= 0.3 is 6.09 Å². The molecule has 0 bridgehead atoms. The van der Waals surface area contributed by atoms with Gasteiger partial charge in [0, 0.05) is 44.2 Å². The predicted molar refractivity (Wildman–Crippen MR) is 192 cm³/mol. The van der Waals surface area contributed by atoms with Crippen LogP contribution in [0, 0.1) is 11.3 Å². The molecule has 0 unspecified atom stereocenters. The molecule has 2 aromatic carbocycles. The van der Waals surface area contributed by atoms with Crippen molar-refractivity contribution in [1.82, 2.24) is 19.4 Å². The topological polar surface area (TPSA) is 115 Å². The molecule has 0 saturated carbocycles. The lowest BCUT2D eigenvalue weighted by Crippen LogP contribution is -2.39. The molecule has 1 amide bonds. The van der Waals surface area contributed by atoms with E-state index in [0.717, 1.165) is 17.2 Å². The maximum Gasteiger partial charge on any atom is 0.410 e. The summed E-state index contributed by atoms with van der Waals surface area (Å²) in [5.74, 6) is 0.911. The van der Waals surface area contributed by atoms with Gasteiger partial charge in [0.2, 0.25) is 0 Å². The third-order valence-electron chi connectivity index (χ3n) is 8.01. The van der Waals surface area contributed by atoms with Crippen molar-refractivity contribution in [3.63, 3.8) is 0 Å². The molecular weight excluding hydrogens is 667 g/mol. The second kappa shape index (κ2) is 14.3. The van der Waals surface area contributed by atoms with Crippen LogP contribution < -0.4 is 10.1 Å². The van der Waals surface area contributed by atoms with E-state index in [0.29, 0.717) is 81.3 Å². The Bertz CT molecular complexity index is 1860. The average molecular weight is 710 g/mol. The molecule has 13 heteroatoms. The first-order chi connectivity index (χ1) is 22.7. The van der Waals surface area contributed by atoms with Crippen molar-refractivity contribution in [1.29, 1.82) is 5.26 Å². The van der Waals surface area contributed by atoms with E-state index in [2.05, 4.69) is 36.0 Å². The number of benzene rings is 2. The third kappa shape index (κ3) is 8.24. The fourth-order valence-electron chi connectivity index (χ4n) is 5.50. The van der Waals surface area contributed by atoms with E-state index in [9.17, 15) is 10.1 Å². The van der Waals surface area contributed by atoms with Gasteiger partial charge in [-0.25, -0.2) is 14.8 Å². The van der Waals surface area contributed by atoms with Gasteiger partial charge in [-0.2, -0.15) is 5.26 Å². The molecule has 0 radical (unpaired) electrons. The van der Waals surface area contributed by atoms with Crippen LogP contribution in [-0.4, -0.2) is 59.5 Å². The number of imidazole rings is 1. The van der Waals surface area contributed by atoms with Crippen LogP contribution in [0.25, 0.3) is 11.0 Å². The summed E-state index contributed by atoms with van der Waals surface area (Å²) in [5, 5.41) is 15.0. The number of pyridine rings is 1. The van der Waals surface area contributed by atoms with Crippen molar-refractivity contribution in [2.24, 2.45) is 0 Å². The number of methoxy groups -OCH3 is 1. The molecule has 0 atom stereocenters. The molecule has 1 aliphatic heterocycles. The quantitative estimate of drug-likeness (QED) is 0.129. The van der Waals surface area contributed by atoms with Crippen molar-refractivity contribution >= 4 is 59.9 Å². The number of ether oxygens (including phenoxy) is 3. The van der Waals surface area contributed by atoms with E-state index in [1.807, 2.05) is 37.5 Å². The molecule has 48 heavy (non-hydrogen) atoms. The number of nitrogens with one attached hydrogen (secondary N) is 1. The molecule has 0 aliphatic carbocycles. The maximum absolute atomic E-state index is 12.9. The highest BCUT2D eigenvalue weighted by molar-refractivity contribution is 6.76. The fraction of sp³-hybridized carbons (Fsp3) is 0.429. The highest BCUT2D eigenvalue weighted by atomic mass is 35.5. The lowest BCUT2D eigenvalue weighted by atomic mass is 9.98. The van der Waals surface area contributed by atoms with E-state index in [1.54, 1.807) is 36.5 Å². The van der Waals surface area contributed by atoms with Crippen LogP contribution >= 0.6 is 23.2 Å². The number of rotatable bonds is 10. The smallest absolute Gasteiger partial charge is 0.410 e. The first kappa shape index (κ1) is 35.5. The molecule has 3 heterocycles. The zero-order valence-electron chi connectivity index (χ0n) is 28.5. The molecule has 5 rings (SSSR count). The van der Waals surface area contributed by atoms with Gasteiger partial charge in [-0.15, -0.1) is 0 Å². The number of nitriles is 1. The summed E-state index contributed by atoms with van der Waals surface area (Å²) in [6.07, 6.45) is 2.25. The number of halogens is 2. The summed E-state index contributed by atoms with van der Waals surface area (Å²) in [6.45, 7) is 14.2. The molecular formula is C35H42Cl2N6O4Si. The van der Waals surface area contributed by atoms with Gasteiger partial charge in [-0.1, -0.05) is 48.9 Å². The third-order valence-corrected chi connectivity index (χ3v) is 10.4. The number of aromatic nitrogens is 3. The van der Waals surface area contributed by atoms with Gasteiger partial charge in [-0.05, 0) is 74.2 Å². The summed E-state index contributed by atoms with van der Waals surface area (Å²) in [5.41, 5.74) is 4.78. The van der Waals surface area contributed by atoms with E-state index in [1.165, 1.54) is 0 Å². The highest BCUT2D eigenvalue weighted by Gasteiger charge is 2.28. The van der Waals surface area contributed by atoms with Crippen molar-refractivity contribution in [2.75, 3.05) is 25.6 Å². The first-order valence-electron chi connectivity index (χ1n) is 15.9. The van der Waals surface area contributed by atoms with Crippen molar-refractivity contribution in [2.45, 2.75) is 78.2 Å². The Morgan fingerprint density at radius 1 is 1.15 bits per heavy atom. The Balaban J connectivity index is 1.56. The summed E-state index contributed by atoms with van der Waals surface area (Å²) in [7, 11) is 0.304. The Labute approximate surface area is 292 Å². The second-order valence-corrected chi connectivity index (χ2v) is 20.6. The number of nitrogens with zero attached hydrogens (tertiary/aromatic N) is 5. The minimum Gasteiger partial charge on any atom is -0.495 e. The maximum atomic E-state index is 12.9. The number of anilines is 2. The van der Waals surface area contributed by atoms with Crippen LogP contribution in [0.2, 0.25) is 35.7 Å². The molecule has 0 spiro atoms. The fourth-order valence-corrected chi connectivity index (χ4v) is 6.79. The zero-order chi connectivity index (χ0) is 34.8. The van der Waals surface area contributed by atoms with Gasteiger partial charge < -0.3 is 29.0 Å². The monoisotopic (exact) mass is 708 g/mol. The van der Waals surface area contributed by atoms with E-state index < -0.39 is 13.7 Å². The Morgan fingerprint density at radius 2 is 1.88 bits per heavy atom. The van der Waals surface area contributed by atoms with E-state index in [4.69, 9.17) is 42.4 Å². The number of carbonyl (C=O) groups is 1. The average Bonchev–Trinajstić information content (AvgIpc) is 3.43. The molecule has 4 aromatic rings. The zero-order valence-corrected chi connectivity index (χ0v) is 31.1. The van der Waals surface area contributed by atoms with E-state index in [-0.39, 0.29) is 19.2 Å². The number of hydrogen-bond donors (Lipinski definition) is 1. The van der Waals surface area contributed by atoms with Crippen LogP contribution in [0.1, 0.15) is 48.7 Å². The highest BCUT2D eigenvalue weighted by Crippen LogP contribution is 2.37. The molecule has 2 aromatic heterocycles. The van der Waals surface area contributed by atoms with Gasteiger partial charge in [0.25, 0.3) is 0 Å². The number of amides is 1. The Hall–Kier alpha value is -3.82. The van der Waals surface area contributed by atoms with Gasteiger partial charge in [-0.3, -0.25) is 0 Å². The number of fused-ring (bicyclic) bond motifs is 2. The Kier molecular flexibility index (Phi) is 10.6. The molecule has 254 valence electrons. The van der Waals surface area contributed by atoms with Crippen molar-refractivity contribution in [3.8, 4) is 11.8 Å². The van der Waals surface area contributed by atoms with E-state index >= 15 is 0 Å². The minimum atomic E-state index is -1.30. The molecule has 0 fully saturated rings.